The van der Waals surface area contributed by atoms with Crippen LogP contribution in [0.2, 0.25) is 0 Å². The number of benzene rings is 6. The van der Waals surface area contributed by atoms with E-state index in [4.69, 9.17) is 15.0 Å². The second-order valence-corrected chi connectivity index (χ2v) is 22.2. The number of hydrogen-bond acceptors (Lipinski definition) is 6. The fourth-order valence-corrected chi connectivity index (χ4v) is 18.8. The van der Waals surface area contributed by atoms with E-state index < -0.39 is 8.07 Å². The molecule has 0 saturated carbocycles. The van der Waals surface area contributed by atoms with Gasteiger partial charge in [-0.1, -0.05) is 121 Å². The van der Waals surface area contributed by atoms with Crippen LogP contribution in [-0.2, 0) is 0 Å². The van der Waals surface area contributed by atoms with Gasteiger partial charge >= 0.3 is 0 Å². The van der Waals surface area contributed by atoms with Gasteiger partial charge in [-0.2, -0.15) is 0 Å². The van der Waals surface area contributed by atoms with Crippen molar-refractivity contribution < 1.29 is 0 Å². The van der Waals surface area contributed by atoms with Gasteiger partial charge in [0.15, 0.2) is 0 Å². The number of thiophene rings is 2. The summed E-state index contributed by atoms with van der Waals surface area (Å²) in [5.74, 6) is 0. The number of rotatable bonds is 6. The van der Waals surface area contributed by atoms with Crippen molar-refractivity contribution in [2.45, 2.75) is 0 Å². The summed E-state index contributed by atoms with van der Waals surface area (Å²) in [4.78, 5) is 20.8. The van der Waals surface area contributed by atoms with Crippen molar-refractivity contribution in [1.29, 1.82) is 0 Å². The highest BCUT2D eigenvalue weighted by Crippen LogP contribution is 2.43. The summed E-state index contributed by atoms with van der Waals surface area (Å²) in [6.07, 6.45) is 9.85. The van der Waals surface area contributed by atoms with Gasteiger partial charge in [0.2, 0.25) is 8.07 Å². The zero-order valence-corrected chi connectivity index (χ0v) is 37.3. The van der Waals surface area contributed by atoms with Crippen molar-refractivity contribution in [2.75, 3.05) is 0 Å². The Morgan fingerprint density at radius 1 is 0.338 bits per heavy atom. The number of aromatic nitrogens is 6. The summed E-state index contributed by atoms with van der Waals surface area (Å²) in [5, 5.41) is 14.2. The molecule has 0 aliphatic rings. The Bertz CT molecular complexity index is 3830. The average molecular weight is 883 g/mol. The third kappa shape index (κ3) is 5.08. The first-order chi connectivity index (χ1) is 32.3. The molecule has 304 valence electrons. The minimum Gasteiger partial charge on any atom is -0.306 e. The lowest BCUT2D eigenvalue weighted by atomic mass is 10.1. The SMILES string of the molecule is c1ccc([Si](c2ccccc2)(c2nccc3c2sc2c(-n4c5ccccc5c5ccncc54)cccc23)c2nccc3c2sc2c(-n4c5ccccc5c5cccnc54)cccc23)cc1. The van der Waals surface area contributed by atoms with Gasteiger partial charge in [0, 0.05) is 67.9 Å². The molecule has 0 spiro atoms. The minimum atomic E-state index is -3.33. The monoisotopic (exact) mass is 882 g/mol. The highest BCUT2D eigenvalue weighted by Gasteiger charge is 2.47. The topological polar surface area (TPSA) is 61.4 Å². The van der Waals surface area contributed by atoms with Crippen molar-refractivity contribution >= 4 is 136 Å². The molecule has 0 fully saturated rings. The molecule has 6 aromatic carbocycles. The number of pyridine rings is 4. The van der Waals surface area contributed by atoms with Crippen LogP contribution in [-0.4, -0.2) is 37.1 Å². The quantitative estimate of drug-likeness (QED) is 0.156. The van der Waals surface area contributed by atoms with E-state index in [1.54, 1.807) is 0 Å². The number of para-hydroxylation sites is 2. The standard InChI is InChI=1S/C56H34N6S2Si/c1-3-14-35(15-4-1)65(36-16-5-2-6-17-36,55-52-42(28-32-59-55)40-20-11-25-47(50(40)63-52)61-45-23-9-7-18-37(45)39-27-31-57-34-49(39)61)56-53-43(29-33-60-56)41-21-12-26-48(51(41)64-53)62-46-24-10-8-19-38(46)44-22-13-30-58-54(44)62/h1-34H. The van der Waals surface area contributed by atoms with Crippen molar-refractivity contribution in [1.82, 2.24) is 29.1 Å². The second-order valence-electron chi connectivity index (χ2n) is 16.5. The van der Waals surface area contributed by atoms with Gasteiger partial charge < -0.3 is 4.57 Å². The van der Waals surface area contributed by atoms with Gasteiger partial charge in [-0.3, -0.25) is 19.5 Å². The van der Waals surface area contributed by atoms with Crippen LogP contribution in [0.3, 0.4) is 0 Å². The van der Waals surface area contributed by atoms with Gasteiger partial charge in [0.05, 0.1) is 63.6 Å². The van der Waals surface area contributed by atoms with E-state index in [1.807, 2.05) is 59.7 Å². The largest absolute Gasteiger partial charge is 0.306 e. The Balaban J connectivity index is 1.10. The molecule has 65 heavy (non-hydrogen) atoms. The van der Waals surface area contributed by atoms with Crippen LogP contribution in [0.25, 0.3) is 95.5 Å². The predicted octanol–water partition coefficient (Wildman–Crippen LogP) is 11.6. The molecular formula is C56H34N6S2Si. The van der Waals surface area contributed by atoms with Gasteiger partial charge in [-0.05, 0) is 65.0 Å². The maximum Gasteiger partial charge on any atom is 0.227 e. The lowest BCUT2D eigenvalue weighted by Gasteiger charge is -2.32. The molecule has 0 amide bonds. The maximum atomic E-state index is 5.59. The average Bonchev–Trinajstić information content (AvgIpc) is 4.14. The molecular weight excluding hydrogens is 849 g/mol. The molecule has 0 saturated heterocycles. The first kappa shape index (κ1) is 36.6. The maximum absolute atomic E-state index is 5.59. The molecule has 9 heteroatoms. The first-order valence-corrected chi connectivity index (χ1v) is 25.3. The van der Waals surface area contributed by atoms with Crippen molar-refractivity contribution in [2.24, 2.45) is 0 Å². The summed E-state index contributed by atoms with van der Waals surface area (Å²) in [6.45, 7) is 0. The zero-order valence-electron chi connectivity index (χ0n) is 34.6. The molecule has 0 N–H and O–H groups in total. The molecule has 14 rings (SSSR count). The van der Waals surface area contributed by atoms with Gasteiger partial charge in [0.1, 0.15) is 5.65 Å². The molecule has 0 radical (unpaired) electrons. The normalized spacial score (nSPS) is 12.3. The third-order valence-corrected chi connectivity index (χ3v) is 20.7. The third-order valence-electron chi connectivity index (χ3n) is 13.3. The Hall–Kier alpha value is -7.82. The summed E-state index contributed by atoms with van der Waals surface area (Å²) in [7, 11) is -3.33. The zero-order chi connectivity index (χ0) is 42.6. The summed E-state index contributed by atoms with van der Waals surface area (Å²) in [5.41, 5.74) is 6.59. The summed E-state index contributed by atoms with van der Waals surface area (Å²) >= 11 is 3.70. The fraction of sp³-hybridized carbons (Fsp3) is 0. The van der Waals surface area contributed by atoms with Gasteiger partial charge in [0.25, 0.3) is 0 Å². The van der Waals surface area contributed by atoms with Crippen LogP contribution in [0.4, 0.5) is 0 Å². The van der Waals surface area contributed by atoms with Crippen LogP contribution in [0.5, 0.6) is 0 Å². The lowest BCUT2D eigenvalue weighted by molar-refractivity contribution is 1.15. The summed E-state index contributed by atoms with van der Waals surface area (Å²) in [6, 6.07) is 63.7. The first-order valence-electron chi connectivity index (χ1n) is 21.7. The van der Waals surface area contributed by atoms with Crippen LogP contribution in [0.15, 0.2) is 207 Å². The van der Waals surface area contributed by atoms with Crippen LogP contribution >= 0.6 is 22.7 Å². The van der Waals surface area contributed by atoms with E-state index in [2.05, 4.69) is 184 Å². The van der Waals surface area contributed by atoms with E-state index in [0.717, 1.165) is 49.6 Å². The molecule has 8 aromatic heterocycles. The van der Waals surface area contributed by atoms with E-state index in [1.165, 1.54) is 66.9 Å². The Morgan fingerprint density at radius 2 is 0.815 bits per heavy atom. The van der Waals surface area contributed by atoms with Crippen molar-refractivity contribution in [3.8, 4) is 11.4 Å². The molecule has 0 aliphatic heterocycles. The van der Waals surface area contributed by atoms with Gasteiger partial charge in [-0.25, -0.2) is 4.98 Å². The van der Waals surface area contributed by atoms with E-state index in [0.29, 0.717) is 0 Å². The molecule has 0 unspecified atom stereocenters. The molecule has 14 aromatic rings. The molecule has 6 nitrogen and oxygen atoms in total. The van der Waals surface area contributed by atoms with Crippen molar-refractivity contribution in [3.05, 3.63) is 207 Å². The van der Waals surface area contributed by atoms with Gasteiger partial charge in [-0.15, -0.1) is 22.7 Å². The van der Waals surface area contributed by atoms with Crippen LogP contribution in [0, 0.1) is 0 Å². The fourth-order valence-electron chi connectivity index (χ4n) is 10.6. The highest BCUT2D eigenvalue weighted by atomic mass is 32.1. The Labute approximate surface area is 381 Å². The van der Waals surface area contributed by atoms with E-state index in [9.17, 15) is 0 Å². The molecule has 0 atom stereocenters. The molecule has 0 bridgehead atoms. The Morgan fingerprint density at radius 3 is 1.45 bits per heavy atom. The van der Waals surface area contributed by atoms with E-state index >= 15 is 0 Å². The minimum absolute atomic E-state index is 0.950. The predicted molar refractivity (Wildman–Crippen MR) is 276 cm³/mol. The highest BCUT2D eigenvalue weighted by molar-refractivity contribution is 7.33. The molecule has 0 aliphatic carbocycles. The lowest BCUT2D eigenvalue weighted by Crippen LogP contribution is -2.76. The van der Waals surface area contributed by atoms with Crippen LogP contribution in [0.1, 0.15) is 0 Å². The number of nitrogens with zero attached hydrogens (tertiary/aromatic N) is 6. The second kappa shape index (κ2) is 14.1. The van der Waals surface area contributed by atoms with Crippen LogP contribution < -0.4 is 21.0 Å². The van der Waals surface area contributed by atoms with E-state index in [-0.39, 0.29) is 0 Å². The molecule has 8 heterocycles. The summed E-state index contributed by atoms with van der Waals surface area (Å²) < 4.78 is 9.52. The Kier molecular flexibility index (Phi) is 7.94. The number of fused-ring (bicyclic) bond motifs is 12. The smallest absolute Gasteiger partial charge is 0.227 e. The number of hydrogen-bond donors (Lipinski definition) is 0. The van der Waals surface area contributed by atoms with Crippen molar-refractivity contribution in [3.63, 3.8) is 0 Å².